The van der Waals surface area contributed by atoms with Crippen LogP contribution in [0.15, 0.2) is 0 Å². The van der Waals surface area contributed by atoms with E-state index in [1.807, 2.05) is 0 Å². The van der Waals surface area contributed by atoms with Crippen LogP contribution in [-0.4, -0.2) is 42.0 Å². The Morgan fingerprint density at radius 2 is 2.20 bits per heavy atom. The third-order valence-electron chi connectivity index (χ3n) is 2.23. The second-order valence-electron chi connectivity index (χ2n) is 3.48. The van der Waals surface area contributed by atoms with Crippen LogP contribution in [0.4, 0.5) is 0 Å². The molecule has 86 valence electrons. The number of nitrogens with zero attached hydrogens (tertiary/aromatic N) is 1. The Bertz CT molecular complexity index is 374. The van der Waals surface area contributed by atoms with Crippen LogP contribution in [0, 0.1) is 5.92 Å². The molecule has 1 atom stereocenters. The summed E-state index contributed by atoms with van der Waals surface area (Å²) in [6.07, 6.45) is 0.183. The van der Waals surface area contributed by atoms with Gasteiger partial charge in [0.25, 0.3) is 0 Å². The fourth-order valence-electron chi connectivity index (χ4n) is 1.48. The van der Waals surface area contributed by atoms with Crippen molar-refractivity contribution in [2.45, 2.75) is 19.8 Å². The Balaban J connectivity index is 2.82. The summed E-state index contributed by atoms with van der Waals surface area (Å²) in [7, 11) is -3.61. The number of carbonyl (C=O) groups excluding carboxylic acids is 1. The molecule has 0 saturated carbocycles. The minimum absolute atomic E-state index is 0.120. The van der Waals surface area contributed by atoms with Gasteiger partial charge in [-0.15, -0.1) is 0 Å². The first kappa shape index (κ1) is 12.0. The lowest BCUT2D eigenvalue weighted by Gasteiger charge is -2.15. The zero-order valence-corrected chi connectivity index (χ0v) is 9.16. The molecular weight excluding hydrogens is 222 g/mol. The van der Waals surface area contributed by atoms with Gasteiger partial charge in [0.05, 0.1) is 18.2 Å². The molecule has 1 unspecified atom stereocenters. The maximum absolute atomic E-state index is 11.5. The molecule has 1 aliphatic rings. The predicted molar refractivity (Wildman–Crippen MR) is 51.5 cm³/mol. The van der Waals surface area contributed by atoms with Gasteiger partial charge in [0.15, 0.2) is 0 Å². The average Bonchev–Trinajstić information content (AvgIpc) is 2.47. The summed E-state index contributed by atoms with van der Waals surface area (Å²) >= 11 is 0. The minimum atomic E-state index is -3.61. The molecule has 0 aromatic heterocycles. The Morgan fingerprint density at radius 3 is 2.60 bits per heavy atom. The van der Waals surface area contributed by atoms with Crippen LogP contribution in [0.5, 0.6) is 0 Å². The molecule has 0 bridgehead atoms. The smallest absolute Gasteiger partial charge is 0.308 e. The van der Waals surface area contributed by atoms with E-state index >= 15 is 0 Å². The highest BCUT2D eigenvalue weighted by molar-refractivity contribution is 7.89. The van der Waals surface area contributed by atoms with Gasteiger partial charge in [-0.3, -0.25) is 9.59 Å². The number of hydrogen-bond acceptors (Lipinski definition) is 4. The first-order chi connectivity index (χ1) is 6.88. The summed E-state index contributed by atoms with van der Waals surface area (Å²) in [6.45, 7) is 1.46. The summed E-state index contributed by atoms with van der Waals surface area (Å²) < 4.78 is 23.7. The van der Waals surface area contributed by atoms with E-state index in [9.17, 15) is 18.0 Å². The first-order valence-corrected chi connectivity index (χ1v) is 6.25. The molecule has 0 spiro atoms. The van der Waals surface area contributed by atoms with Crippen LogP contribution in [0.2, 0.25) is 0 Å². The molecule has 1 fully saturated rings. The molecule has 1 aliphatic heterocycles. The monoisotopic (exact) mass is 235 g/mol. The number of amides is 1. The zero-order chi connectivity index (χ0) is 11.6. The molecule has 1 N–H and O–H groups in total. The van der Waals surface area contributed by atoms with Gasteiger partial charge in [0.2, 0.25) is 15.9 Å². The van der Waals surface area contributed by atoms with Crippen molar-refractivity contribution < 1.29 is 23.1 Å². The van der Waals surface area contributed by atoms with Crippen molar-refractivity contribution in [1.82, 2.24) is 4.31 Å². The van der Waals surface area contributed by atoms with Crippen LogP contribution < -0.4 is 0 Å². The molecule has 0 aliphatic carbocycles. The van der Waals surface area contributed by atoms with E-state index in [1.54, 1.807) is 6.92 Å². The second kappa shape index (κ2) is 4.18. The molecule has 6 nitrogen and oxygen atoms in total. The van der Waals surface area contributed by atoms with Gasteiger partial charge < -0.3 is 5.11 Å². The third kappa shape index (κ3) is 2.47. The van der Waals surface area contributed by atoms with Gasteiger partial charge in [0.1, 0.15) is 0 Å². The Labute approximate surface area is 87.9 Å². The standard InChI is InChI=1S/C8H13NO5S/c1-2-3-15(13,14)9-5-6(8(11)12)4-7(9)10/h6H,2-5H2,1H3,(H,11,12). The van der Waals surface area contributed by atoms with Crippen molar-refractivity contribution in [2.24, 2.45) is 5.92 Å². The molecular formula is C8H13NO5S. The maximum Gasteiger partial charge on any atom is 0.308 e. The molecule has 0 aromatic carbocycles. The number of sulfonamides is 1. The normalized spacial score (nSPS) is 22.1. The number of aliphatic carboxylic acids is 1. The average molecular weight is 235 g/mol. The number of carbonyl (C=O) groups is 2. The fourth-order valence-corrected chi connectivity index (χ4v) is 3.01. The molecule has 1 saturated heterocycles. The Hall–Kier alpha value is -1.11. The topological polar surface area (TPSA) is 91.8 Å². The van der Waals surface area contributed by atoms with Crippen LogP contribution in [0.1, 0.15) is 19.8 Å². The van der Waals surface area contributed by atoms with E-state index in [0.717, 1.165) is 0 Å². The molecule has 0 radical (unpaired) electrons. The Morgan fingerprint density at radius 1 is 1.60 bits per heavy atom. The highest BCUT2D eigenvalue weighted by Crippen LogP contribution is 2.21. The van der Waals surface area contributed by atoms with Crippen LogP contribution >= 0.6 is 0 Å². The van der Waals surface area contributed by atoms with Gasteiger partial charge in [-0.2, -0.15) is 0 Å². The van der Waals surface area contributed by atoms with E-state index in [4.69, 9.17) is 5.11 Å². The van der Waals surface area contributed by atoms with Gasteiger partial charge in [-0.25, -0.2) is 12.7 Å². The number of rotatable bonds is 4. The van der Waals surface area contributed by atoms with E-state index in [1.165, 1.54) is 0 Å². The van der Waals surface area contributed by atoms with Crippen molar-refractivity contribution in [3.63, 3.8) is 0 Å². The van der Waals surface area contributed by atoms with Gasteiger partial charge in [-0.05, 0) is 6.42 Å². The minimum Gasteiger partial charge on any atom is -0.481 e. The summed E-state index contributed by atoms with van der Waals surface area (Å²) in [6, 6.07) is 0. The Kier molecular flexibility index (Phi) is 3.33. The summed E-state index contributed by atoms with van der Waals surface area (Å²) in [4.78, 5) is 21.9. The summed E-state index contributed by atoms with van der Waals surface area (Å²) in [5.41, 5.74) is 0. The van der Waals surface area contributed by atoms with E-state index in [2.05, 4.69) is 0 Å². The molecule has 7 heteroatoms. The van der Waals surface area contributed by atoms with Gasteiger partial charge >= 0.3 is 5.97 Å². The lowest BCUT2D eigenvalue weighted by atomic mass is 10.1. The van der Waals surface area contributed by atoms with Crippen molar-refractivity contribution >= 4 is 21.9 Å². The van der Waals surface area contributed by atoms with Crippen molar-refractivity contribution in [3.8, 4) is 0 Å². The largest absolute Gasteiger partial charge is 0.481 e. The van der Waals surface area contributed by atoms with E-state index in [0.29, 0.717) is 10.7 Å². The number of hydrogen-bond donors (Lipinski definition) is 1. The highest BCUT2D eigenvalue weighted by Gasteiger charge is 2.40. The quantitative estimate of drug-likeness (QED) is 0.719. The molecule has 15 heavy (non-hydrogen) atoms. The number of carboxylic acids is 1. The van der Waals surface area contributed by atoms with Gasteiger partial charge in [-0.1, -0.05) is 6.92 Å². The van der Waals surface area contributed by atoms with Crippen LogP contribution in [-0.2, 0) is 19.6 Å². The number of carboxylic acid groups (broad SMARTS) is 1. The third-order valence-corrected chi connectivity index (χ3v) is 4.18. The SMILES string of the molecule is CCCS(=O)(=O)N1CC(C(=O)O)CC1=O. The molecule has 1 heterocycles. The lowest BCUT2D eigenvalue weighted by Crippen LogP contribution is -2.34. The van der Waals surface area contributed by atoms with Crippen LogP contribution in [0.3, 0.4) is 0 Å². The molecule has 1 rings (SSSR count). The van der Waals surface area contributed by atoms with Crippen LogP contribution in [0.25, 0.3) is 0 Å². The summed E-state index contributed by atoms with van der Waals surface area (Å²) in [5, 5.41) is 8.67. The van der Waals surface area contributed by atoms with Crippen molar-refractivity contribution in [2.75, 3.05) is 12.3 Å². The van der Waals surface area contributed by atoms with Crippen molar-refractivity contribution in [3.05, 3.63) is 0 Å². The second-order valence-corrected chi connectivity index (χ2v) is 5.49. The molecule has 1 amide bonds. The summed E-state index contributed by atoms with van der Waals surface area (Å²) in [5.74, 6) is -2.76. The highest BCUT2D eigenvalue weighted by atomic mass is 32.2. The maximum atomic E-state index is 11.5. The first-order valence-electron chi connectivity index (χ1n) is 4.64. The lowest BCUT2D eigenvalue weighted by molar-refractivity contribution is -0.141. The van der Waals surface area contributed by atoms with Crippen molar-refractivity contribution in [1.29, 1.82) is 0 Å². The fraction of sp³-hybridized carbons (Fsp3) is 0.750. The zero-order valence-electron chi connectivity index (χ0n) is 8.34. The van der Waals surface area contributed by atoms with Gasteiger partial charge in [0, 0.05) is 6.42 Å². The molecule has 0 aromatic rings. The predicted octanol–water partition coefficient (Wildman–Crippen LogP) is -0.341. The van der Waals surface area contributed by atoms with E-state index < -0.39 is 27.8 Å². The van der Waals surface area contributed by atoms with E-state index in [-0.39, 0.29) is 18.7 Å².